The van der Waals surface area contributed by atoms with Crippen LogP contribution in [-0.2, 0) is 11.3 Å². The zero-order valence-electron chi connectivity index (χ0n) is 24.0. The van der Waals surface area contributed by atoms with Gasteiger partial charge >= 0.3 is 0 Å². The Labute approximate surface area is 237 Å². The lowest BCUT2D eigenvalue weighted by molar-refractivity contribution is -0.128. The zero-order valence-corrected chi connectivity index (χ0v) is 24.8. The minimum atomic E-state index is 0.162. The van der Waals surface area contributed by atoms with E-state index in [9.17, 15) is 4.79 Å². The summed E-state index contributed by atoms with van der Waals surface area (Å²) in [6.07, 6.45) is 2.32. The second kappa shape index (κ2) is 13.3. The van der Waals surface area contributed by atoms with Gasteiger partial charge in [-0.2, -0.15) is 4.98 Å². The molecule has 2 aromatic carbocycles. The van der Waals surface area contributed by atoms with Crippen molar-refractivity contribution in [3.05, 3.63) is 65.2 Å². The first-order valence-electron chi connectivity index (χ1n) is 13.7. The van der Waals surface area contributed by atoms with E-state index in [1.165, 1.54) is 28.6 Å². The molecule has 0 aliphatic carbocycles. The first-order valence-corrected chi connectivity index (χ1v) is 14.6. The van der Waals surface area contributed by atoms with Crippen LogP contribution in [0.1, 0.15) is 49.8 Å². The Kier molecular flexibility index (Phi) is 9.86. The average Bonchev–Trinajstić information content (AvgIpc) is 2.89. The molecule has 8 heteroatoms. The Bertz CT molecular complexity index is 1260. The van der Waals surface area contributed by atoms with Crippen molar-refractivity contribution in [1.82, 2.24) is 19.8 Å². The second-order valence-corrected chi connectivity index (χ2v) is 11.9. The van der Waals surface area contributed by atoms with E-state index in [0.717, 1.165) is 42.1 Å². The number of anilines is 1. The van der Waals surface area contributed by atoms with E-state index in [1.807, 2.05) is 20.2 Å². The molecule has 3 aromatic rings. The molecule has 4 rings (SSSR count). The summed E-state index contributed by atoms with van der Waals surface area (Å²) < 4.78 is 9.80. The van der Waals surface area contributed by atoms with E-state index in [-0.39, 0.29) is 11.9 Å². The Hall–Kier alpha value is -3.10. The summed E-state index contributed by atoms with van der Waals surface area (Å²) in [6.45, 7) is 10.8. The molecule has 1 aliphatic heterocycles. The first-order chi connectivity index (χ1) is 18.7. The van der Waals surface area contributed by atoms with Crippen molar-refractivity contribution < 1.29 is 9.53 Å². The molecule has 208 valence electrons. The summed E-state index contributed by atoms with van der Waals surface area (Å²) in [6, 6.07) is 17.0. The summed E-state index contributed by atoms with van der Waals surface area (Å²) in [5.41, 5.74) is 5.52. The fourth-order valence-corrected chi connectivity index (χ4v) is 5.69. The Morgan fingerprint density at radius 3 is 2.59 bits per heavy atom. The van der Waals surface area contributed by atoms with E-state index in [1.54, 1.807) is 4.90 Å². The third kappa shape index (κ3) is 7.96. The molecule has 39 heavy (non-hydrogen) atoms. The molecule has 0 saturated carbocycles. The number of rotatable bonds is 7. The van der Waals surface area contributed by atoms with Gasteiger partial charge in [-0.15, -0.1) is 0 Å². The van der Waals surface area contributed by atoms with Gasteiger partial charge in [0.1, 0.15) is 6.61 Å². The highest BCUT2D eigenvalue weighted by atomic mass is 32.2. The number of nitrogens with zero attached hydrogens (tertiary/aromatic N) is 4. The van der Waals surface area contributed by atoms with Crippen LogP contribution in [-0.4, -0.2) is 59.0 Å². The van der Waals surface area contributed by atoms with Gasteiger partial charge in [-0.3, -0.25) is 14.4 Å². The normalized spacial score (nSPS) is 15.9. The molecule has 0 saturated heterocycles. The highest BCUT2D eigenvalue weighted by molar-refractivity contribution is 8.00. The predicted molar refractivity (Wildman–Crippen MR) is 160 cm³/mol. The van der Waals surface area contributed by atoms with E-state index >= 15 is 0 Å². The van der Waals surface area contributed by atoms with Crippen LogP contribution in [0.3, 0.4) is 0 Å². The first kappa shape index (κ1) is 28.9. The smallest absolute Gasteiger partial charge is 0.237 e. The van der Waals surface area contributed by atoms with Crippen LogP contribution in [0.15, 0.2) is 53.4 Å². The highest BCUT2D eigenvalue weighted by Gasteiger charge is 2.23. The van der Waals surface area contributed by atoms with Gasteiger partial charge in [-0.25, -0.2) is 4.98 Å². The van der Waals surface area contributed by atoms with Crippen LogP contribution in [0.5, 0.6) is 5.88 Å². The van der Waals surface area contributed by atoms with Gasteiger partial charge in [0.05, 0.1) is 5.69 Å². The van der Waals surface area contributed by atoms with Crippen molar-refractivity contribution in [2.45, 2.75) is 64.4 Å². The lowest BCUT2D eigenvalue weighted by Crippen LogP contribution is -2.41. The van der Waals surface area contributed by atoms with Crippen molar-refractivity contribution in [2.75, 3.05) is 32.0 Å². The van der Waals surface area contributed by atoms with E-state index in [2.05, 4.69) is 79.8 Å². The maximum atomic E-state index is 12.3. The minimum Gasteiger partial charge on any atom is -0.476 e. The standard InChI is InChI=1S/C31H41N5O2S/c1-21(2)16-25-20-38-28-18-27(30-22(3)10-7-11-23(30)4)32-31(33-28)34-39-26-13-8-12-24(17-26)19-36(25)15-9-14-29(37)35(5)6/h7-8,10-13,17-18,21,25H,9,14-16,19-20H2,1-6H3,(H,32,33,34). The van der Waals surface area contributed by atoms with Gasteiger partial charge in [-0.1, -0.05) is 44.2 Å². The molecule has 0 fully saturated rings. The van der Waals surface area contributed by atoms with E-state index in [0.29, 0.717) is 30.8 Å². The van der Waals surface area contributed by atoms with Crippen LogP contribution in [0.2, 0.25) is 0 Å². The largest absolute Gasteiger partial charge is 0.476 e. The topological polar surface area (TPSA) is 70.6 Å². The van der Waals surface area contributed by atoms with Gasteiger partial charge in [0, 0.05) is 49.6 Å². The second-order valence-electron chi connectivity index (χ2n) is 11.0. The summed E-state index contributed by atoms with van der Waals surface area (Å²) >= 11 is 1.50. The molecule has 1 aromatic heterocycles. The molecule has 1 aliphatic rings. The number of carbonyl (C=O) groups excluding carboxylic acids is 1. The molecular weight excluding hydrogens is 506 g/mol. The quantitative estimate of drug-likeness (QED) is 0.345. The van der Waals surface area contributed by atoms with Crippen LogP contribution in [0.4, 0.5) is 5.95 Å². The van der Waals surface area contributed by atoms with Gasteiger partial charge in [0.25, 0.3) is 0 Å². The van der Waals surface area contributed by atoms with Gasteiger partial charge in [-0.05, 0) is 79.9 Å². The van der Waals surface area contributed by atoms with Crippen molar-refractivity contribution >= 4 is 23.8 Å². The summed E-state index contributed by atoms with van der Waals surface area (Å²) in [7, 11) is 3.63. The van der Waals surface area contributed by atoms with Crippen LogP contribution in [0.25, 0.3) is 11.3 Å². The van der Waals surface area contributed by atoms with Gasteiger partial charge in [0.15, 0.2) is 0 Å². The van der Waals surface area contributed by atoms with Gasteiger partial charge in [0.2, 0.25) is 17.7 Å². The monoisotopic (exact) mass is 547 g/mol. The van der Waals surface area contributed by atoms with Gasteiger partial charge < -0.3 is 9.64 Å². The van der Waals surface area contributed by atoms with E-state index < -0.39 is 0 Å². The number of carbonyl (C=O) groups is 1. The summed E-state index contributed by atoms with van der Waals surface area (Å²) in [4.78, 5) is 27.1. The fraction of sp³-hybridized carbons (Fsp3) is 0.452. The summed E-state index contributed by atoms with van der Waals surface area (Å²) in [5.74, 6) is 1.75. The number of aromatic nitrogens is 2. The molecule has 0 spiro atoms. The van der Waals surface area contributed by atoms with Crippen molar-refractivity contribution in [3.63, 3.8) is 0 Å². The van der Waals surface area contributed by atoms with Crippen LogP contribution in [0, 0.1) is 19.8 Å². The maximum absolute atomic E-state index is 12.3. The third-order valence-electron chi connectivity index (χ3n) is 7.00. The predicted octanol–water partition coefficient (Wildman–Crippen LogP) is 6.36. The highest BCUT2D eigenvalue weighted by Crippen LogP contribution is 2.31. The number of benzene rings is 2. The molecule has 1 unspecified atom stereocenters. The minimum absolute atomic E-state index is 0.162. The number of hydrogen-bond donors (Lipinski definition) is 1. The molecule has 1 amide bonds. The maximum Gasteiger partial charge on any atom is 0.237 e. The summed E-state index contributed by atoms with van der Waals surface area (Å²) in [5, 5.41) is 0. The number of hydrogen-bond acceptors (Lipinski definition) is 7. The van der Waals surface area contributed by atoms with Crippen molar-refractivity contribution in [1.29, 1.82) is 0 Å². The SMILES string of the molecule is Cc1cccc(C)c1-c1cc2nc(n1)NSc1cccc(c1)CN(CCCC(=O)N(C)C)C(CC(C)C)CO2. The van der Waals surface area contributed by atoms with E-state index in [4.69, 9.17) is 14.7 Å². The van der Waals surface area contributed by atoms with Crippen molar-refractivity contribution in [2.24, 2.45) is 5.92 Å². The lowest BCUT2D eigenvalue weighted by Gasteiger charge is -2.33. The molecule has 1 atom stereocenters. The number of amides is 1. The molecule has 4 bridgehead atoms. The van der Waals surface area contributed by atoms with Crippen molar-refractivity contribution in [3.8, 4) is 17.1 Å². The number of fused-ring (bicyclic) bond motifs is 4. The Morgan fingerprint density at radius 2 is 1.87 bits per heavy atom. The average molecular weight is 548 g/mol. The molecule has 2 heterocycles. The van der Waals surface area contributed by atoms with Crippen LogP contribution < -0.4 is 9.46 Å². The van der Waals surface area contributed by atoms with Crippen LogP contribution >= 0.6 is 11.9 Å². The third-order valence-corrected chi connectivity index (χ3v) is 7.78. The zero-order chi connectivity index (χ0) is 27.9. The fourth-order valence-electron chi connectivity index (χ4n) is 5.03. The Balaban J connectivity index is 1.70. The molecule has 0 radical (unpaired) electrons. The number of aryl methyl sites for hydroxylation is 2. The Morgan fingerprint density at radius 1 is 1.13 bits per heavy atom. The number of ether oxygens (including phenoxy) is 1. The lowest BCUT2D eigenvalue weighted by atomic mass is 10.00. The molecule has 7 nitrogen and oxygen atoms in total. The molecule has 1 N–H and O–H groups in total. The number of nitrogens with one attached hydrogen (secondary N) is 1. The molecular formula is C31H41N5O2S.